The van der Waals surface area contributed by atoms with E-state index in [1.165, 1.54) is 95.3 Å². The highest BCUT2D eigenvalue weighted by Gasteiger charge is 2.47. The van der Waals surface area contributed by atoms with E-state index >= 15 is 33.6 Å². The zero-order valence-electron chi connectivity index (χ0n) is 65.2. The zero-order valence-corrected chi connectivity index (χ0v) is 66.0. The fraction of sp³-hybridized carbons (Fsp3) is 0.851. The van der Waals surface area contributed by atoms with Gasteiger partial charge in [0.25, 0.3) is 0 Å². The van der Waals surface area contributed by atoms with Gasteiger partial charge < -0.3 is 54.4 Å². The van der Waals surface area contributed by atoms with Crippen molar-refractivity contribution < 1.29 is 62.6 Å². The highest BCUT2D eigenvalue weighted by atomic mass is 32.2. The van der Waals surface area contributed by atoms with E-state index in [1.807, 2.05) is 76.2 Å². The summed E-state index contributed by atoms with van der Waals surface area (Å²) >= 11 is 1.49. The summed E-state index contributed by atoms with van der Waals surface area (Å²) in [7, 11) is 10.5. The monoisotopic (exact) mass is 1400 g/mol. The van der Waals surface area contributed by atoms with Crippen molar-refractivity contribution in [2.75, 3.05) is 113 Å². The number of aliphatic hydroxyl groups is 1. The number of nitrogens with one attached hydrogen (secondary N) is 1. The quantitative estimate of drug-likeness (QED) is 0.100. The molecule has 13 atom stereocenters. The molecule has 0 aliphatic carbocycles. The van der Waals surface area contributed by atoms with Crippen LogP contribution in [0.4, 0.5) is 0 Å². The van der Waals surface area contributed by atoms with Crippen LogP contribution < -0.4 is 5.32 Å². The van der Waals surface area contributed by atoms with Crippen LogP contribution in [0.15, 0.2) is 0 Å². The van der Waals surface area contributed by atoms with Crippen LogP contribution in [-0.4, -0.2) is 282 Å². The second-order valence-corrected chi connectivity index (χ2v) is 31.9. The molecule has 2 saturated heterocycles. The van der Waals surface area contributed by atoms with Crippen LogP contribution in [0.25, 0.3) is 0 Å². The van der Waals surface area contributed by atoms with E-state index in [0.717, 1.165) is 13.1 Å². The van der Waals surface area contributed by atoms with E-state index in [2.05, 4.69) is 29.0 Å². The molecule has 0 aromatic rings. The molecule has 2 aliphatic rings. The second-order valence-electron chi connectivity index (χ2n) is 30.8. The van der Waals surface area contributed by atoms with E-state index in [9.17, 15) is 24.3 Å². The largest absolute Gasteiger partial charge is 0.390 e. The number of Topliss-reactive ketones (excluding diaryl/α,β-unsaturated/α-hetero) is 3. The Hall–Kier alpha value is -5.04. The Balaban J connectivity index is 3.13. The third kappa shape index (κ3) is 25.8. The SMILES string of the molecule is CC[C@H]1CC(=O)[C@@H]([C@H](O)[C@H](C)CCN2CCOCC2)N(C)C(=O)[C@@H](C(C)C)N(C)C(=O)[C@@H](CC(C)C)N(C)C(=O)[C@@H](CC(C)C)N(C)C(=O)[C@H](C)NC(=O)[C@@H](C)CC(=O)[C@H](CC(C)C)N(C)C(=O)[C@@H](C(C)C)CC(=O)[C@H](CC(C)C)N(C)C(=O)[C@@H](CSCCN(CC)CC)N(C)C1=O. The molecule has 0 aromatic carbocycles. The predicted molar refractivity (Wildman–Crippen MR) is 388 cm³/mol. The number of rotatable bonds is 23. The maximum atomic E-state index is 15.6. The van der Waals surface area contributed by atoms with Gasteiger partial charge in [0.2, 0.25) is 47.3 Å². The van der Waals surface area contributed by atoms with Crippen molar-refractivity contribution in [2.45, 2.75) is 237 Å². The highest BCUT2D eigenvalue weighted by molar-refractivity contribution is 7.99. The van der Waals surface area contributed by atoms with E-state index in [0.29, 0.717) is 51.6 Å². The first-order valence-corrected chi connectivity index (χ1v) is 37.8. The molecule has 24 heteroatoms. The number of carbonyl (C=O) groups is 11. The summed E-state index contributed by atoms with van der Waals surface area (Å²) < 4.78 is 5.59. The lowest BCUT2D eigenvalue weighted by atomic mass is 9.84. The minimum absolute atomic E-state index is 0.0777. The van der Waals surface area contributed by atoms with Crippen LogP contribution in [0.3, 0.4) is 0 Å². The van der Waals surface area contributed by atoms with Gasteiger partial charge in [-0.3, -0.25) is 57.6 Å². The lowest BCUT2D eigenvalue weighted by molar-refractivity contribution is -0.157. The van der Waals surface area contributed by atoms with Crippen molar-refractivity contribution in [2.24, 2.45) is 59.2 Å². The molecular weight excluding hydrogens is 1270 g/mol. The molecule has 0 aromatic heterocycles. The molecular formula is C74H134N10O13S. The third-order valence-corrected chi connectivity index (χ3v) is 21.4. The second kappa shape index (κ2) is 42.4. The lowest BCUT2D eigenvalue weighted by Gasteiger charge is -2.42. The molecule has 2 N–H and O–H groups in total. The van der Waals surface area contributed by atoms with Crippen LogP contribution in [0, 0.1) is 59.2 Å². The number of thioether (sulfide) groups is 1. The number of likely N-dealkylation sites (N-methyl/N-ethyl adjacent to an activating group) is 7. The molecule has 0 radical (unpaired) electrons. The molecule has 0 bridgehead atoms. The molecule has 0 spiro atoms. The van der Waals surface area contributed by atoms with Gasteiger partial charge in [-0.1, -0.05) is 118 Å². The average molecular weight is 1400 g/mol. The standard InChI is InChI=1S/C74H134N10O13S/c1-26-54-42-63(87)65(66(88)51(16)29-30-84-31-34-97-35-32-84)82(25)74(96)64(50(14)15)81(24)72(94)59(40-48(10)11)79(22)71(93)58(39-47(8)9)78(21)68(90)53(18)75-67(89)52(17)41-61(85)56(37-45(4)5)76(19)70(92)55(49(12)13)43-62(86)57(38-46(6)7)77(20)73(95)60(80(23)69(54)91)44-98-36-33-83(27-2)28-3/h45-60,64-66,88H,26-44H2,1-25H3,(H,75,89)/t51-,52+,53+,54+,55-,56+,57+,58-,59-,60-,64-,65+,66-/m1/s1. The number of ether oxygens (including phenoxy) is 1. The summed E-state index contributed by atoms with van der Waals surface area (Å²) in [5.41, 5.74) is 0. The first-order valence-electron chi connectivity index (χ1n) is 36.7. The van der Waals surface area contributed by atoms with Gasteiger partial charge in [-0.15, -0.1) is 0 Å². The Bertz CT molecular complexity index is 2600. The zero-order chi connectivity index (χ0) is 75.1. The van der Waals surface area contributed by atoms with Gasteiger partial charge in [-0.25, -0.2) is 0 Å². The van der Waals surface area contributed by atoms with Crippen molar-refractivity contribution >= 4 is 76.4 Å². The summed E-state index contributed by atoms with van der Waals surface area (Å²) in [5, 5.41) is 15.4. The van der Waals surface area contributed by atoms with Crippen molar-refractivity contribution in [3.8, 4) is 0 Å². The van der Waals surface area contributed by atoms with Gasteiger partial charge in [0, 0.05) is 117 Å². The molecule has 2 rings (SSSR count). The van der Waals surface area contributed by atoms with Gasteiger partial charge in [-0.2, -0.15) is 11.8 Å². The van der Waals surface area contributed by atoms with E-state index in [-0.39, 0.29) is 85.9 Å². The molecule has 2 heterocycles. The minimum atomic E-state index is -1.52. The first kappa shape index (κ1) is 89.0. The van der Waals surface area contributed by atoms with Gasteiger partial charge in [0.05, 0.1) is 31.4 Å². The Morgan fingerprint density at radius 3 is 1.40 bits per heavy atom. The molecule has 23 nitrogen and oxygen atoms in total. The Morgan fingerprint density at radius 2 is 0.929 bits per heavy atom. The van der Waals surface area contributed by atoms with Crippen molar-refractivity contribution in [1.29, 1.82) is 0 Å². The summed E-state index contributed by atoms with van der Waals surface area (Å²) in [6.07, 6.45) is -1.05. The van der Waals surface area contributed by atoms with E-state index in [4.69, 9.17) is 4.74 Å². The number of carbonyl (C=O) groups excluding carboxylic acids is 11. The fourth-order valence-corrected chi connectivity index (χ4v) is 14.8. The minimum Gasteiger partial charge on any atom is -0.390 e. The third-order valence-electron chi connectivity index (χ3n) is 20.3. The van der Waals surface area contributed by atoms with Crippen LogP contribution in [0.1, 0.15) is 182 Å². The lowest BCUT2D eigenvalue weighted by Crippen LogP contribution is -2.62. The summed E-state index contributed by atoms with van der Waals surface area (Å²) in [6, 6.07) is -9.36. The van der Waals surface area contributed by atoms with Gasteiger partial charge in [-0.05, 0) is 107 Å². The smallest absolute Gasteiger partial charge is 0.246 e. The molecule has 98 heavy (non-hydrogen) atoms. The van der Waals surface area contributed by atoms with E-state index in [1.54, 1.807) is 34.7 Å². The predicted octanol–water partition coefficient (Wildman–Crippen LogP) is 6.74. The van der Waals surface area contributed by atoms with Crippen molar-refractivity contribution in [1.82, 2.24) is 49.4 Å². The molecule has 2 fully saturated rings. The van der Waals surface area contributed by atoms with Crippen LogP contribution >= 0.6 is 11.8 Å². The summed E-state index contributed by atoms with van der Waals surface area (Å²) in [5.74, 6) is -10.1. The molecule has 0 saturated carbocycles. The van der Waals surface area contributed by atoms with Gasteiger partial charge in [0.15, 0.2) is 17.3 Å². The molecule has 8 amide bonds. The number of aliphatic hydroxyl groups excluding tert-OH is 1. The van der Waals surface area contributed by atoms with Crippen molar-refractivity contribution in [3.05, 3.63) is 0 Å². The molecule has 564 valence electrons. The summed E-state index contributed by atoms with van der Waals surface area (Å²) in [6.45, 7) is 38.6. The van der Waals surface area contributed by atoms with E-state index < -0.39 is 149 Å². The van der Waals surface area contributed by atoms with Gasteiger partial charge in [0.1, 0.15) is 36.3 Å². The number of ketones is 3. The van der Waals surface area contributed by atoms with Gasteiger partial charge >= 0.3 is 0 Å². The number of hydrogen-bond acceptors (Lipinski definition) is 16. The normalized spacial score (nSPS) is 27.1. The Kier molecular flexibility index (Phi) is 38.5. The van der Waals surface area contributed by atoms with Crippen molar-refractivity contribution in [3.63, 3.8) is 0 Å². The summed E-state index contributed by atoms with van der Waals surface area (Å²) in [4.78, 5) is 180. The number of nitrogens with zero attached hydrogens (tertiary/aromatic N) is 9. The van der Waals surface area contributed by atoms with Crippen LogP contribution in [0.2, 0.25) is 0 Å². The maximum absolute atomic E-state index is 15.6. The first-order chi connectivity index (χ1) is 45.6. The Labute approximate surface area is 595 Å². The number of morpholine rings is 1. The fourth-order valence-electron chi connectivity index (χ4n) is 13.6. The molecule has 2 aliphatic heterocycles. The maximum Gasteiger partial charge on any atom is 0.246 e. The Morgan fingerprint density at radius 1 is 0.500 bits per heavy atom. The van der Waals surface area contributed by atoms with Crippen LogP contribution in [0.5, 0.6) is 0 Å². The number of hydrogen-bond donors (Lipinski definition) is 2. The highest BCUT2D eigenvalue weighted by Crippen LogP contribution is 2.30. The average Bonchev–Trinajstić information content (AvgIpc) is 0.803. The molecule has 0 unspecified atom stereocenters. The van der Waals surface area contributed by atoms with Crippen LogP contribution in [-0.2, 0) is 57.5 Å². The topological polar surface area (TPSA) is 258 Å². The number of amides is 8.